The Balaban J connectivity index is 2.43. The Labute approximate surface area is 86.5 Å². The second kappa shape index (κ2) is 3.57. The number of aryl methyl sites for hydroxylation is 1. The highest BCUT2D eigenvalue weighted by Gasteiger charge is 1.99. The Bertz CT molecular complexity index is 541. The van der Waals surface area contributed by atoms with E-state index >= 15 is 0 Å². The van der Waals surface area contributed by atoms with Crippen molar-refractivity contribution in [2.75, 3.05) is 0 Å². The van der Waals surface area contributed by atoms with Crippen molar-refractivity contribution in [3.8, 4) is 0 Å². The minimum atomic E-state index is -0.948. The quantitative estimate of drug-likeness (QED) is 0.753. The molecule has 0 amide bonds. The first kappa shape index (κ1) is 9.45. The predicted molar refractivity (Wildman–Crippen MR) is 57.4 cm³/mol. The third-order valence-corrected chi connectivity index (χ3v) is 2.17. The smallest absolute Gasteiger partial charge is 0.328 e. The average Bonchev–Trinajstić information content (AvgIpc) is 2.57. The maximum atomic E-state index is 10.3. The molecular formula is C11H10N2O2. The highest BCUT2D eigenvalue weighted by Crippen LogP contribution is 2.14. The number of benzene rings is 1. The van der Waals surface area contributed by atoms with E-state index in [2.05, 4.69) is 4.98 Å². The van der Waals surface area contributed by atoms with Crippen LogP contribution < -0.4 is 0 Å². The predicted octanol–water partition coefficient (Wildman–Crippen LogP) is 1.67. The number of hydrogen-bond acceptors (Lipinski definition) is 2. The minimum Gasteiger partial charge on any atom is -0.478 e. The van der Waals surface area contributed by atoms with Gasteiger partial charge < -0.3 is 9.67 Å². The highest BCUT2D eigenvalue weighted by atomic mass is 16.4. The molecule has 2 aromatic rings. The summed E-state index contributed by atoms with van der Waals surface area (Å²) in [6.07, 6.45) is 4.40. The fraction of sp³-hybridized carbons (Fsp3) is 0.0909. The molecule has 1 heterocycles. The lowest BCUT2D eigenvalue weighted by atomic mass is 10.2. The van der Waals surface area contributed by atoms with Gasteiger partial charge >= 0.3 is 5.97 Å². The molecule has 0 bridgehead atoms. The molecule has 0 fully saturated rings. The Hall–Kier alpha value is -2.10. The van der Waals surface area contributed by atoms with Crippen LogP contribution in [-0.4, -0.2) is 20.6 Å². The molecule has 0 unspecified atom stereocenters. The van der Waals surface area contributed by atoms with E-state index in [0.29, 0.717) is 0 Å². The van der Waals surface area contributed by atoms with Gasteiger partial charge in [-0.05, 0) is 23.8 Å². The number of hydrogen-bond donors (Lipinski definition) is 1. The second-order valence-electron chi connectivity index (χ2n) is 3.28. The monoisotopic (exact) mass is 202 g/mol. The molecule has 0 aliphatic heterocycles. The number of aromatic nitrogens is 2. The Morgan fingerprint density at radius 3 is 3.07 bits per heavy atom. The molecule has 1 N–H and O–H groups in total. The molecule has 2 rings (SSSR count). The number of carboxylic acid groups (broad SMARTS) is 1. The van der Waals surface area contributed by atoms with Gasteiger partial charge in [0.2, 0.25) is 0 Å². The van der Waals surface area contributed by atoms with Gasteiger partial charge in [-0.1, -0.05) is 6.07 Å². The van der Waals surface area contributed by atoms with E-state index in [1.807, 2.05) is 29.8 Å². The van der Waals surface area contributed by atoms with Crippen LogP contribution in [0.25, 0.3) is 17.1 Å². The zero-order valence-electron chi connectivity index (χ0n) is 8.21. The van der Waals surface area contributed by atoms with E-state index in [-0.39, 0.29) is 0 Å². The summed E-state index contributed by atoms with van der Waals surface area (Å²) in [5.41, 5.74) is 2.73. The van der Waals surface area contributed by atoms with Gasteiger partial charge in [0.05, 0.1) is 17.4 Å². The molecule has 1 aromatic heterocycles. The van der Waals surface area contributed by atoms with Crippen molar-refractivity contribution in [3.05, 3.63) is 36.2 Å². The van der Waals surface area contributed by atoms with Crippen LogP contribution in [0.5, 0.6) is 0 Å². The largest absolute Gasteiger partial charge is 0.478 e. The summed E-state index contributed by atoms with van der Waals surface area (Å²) < 4.78 is 1.92. The highest BCUT2D eigenvalue weighted by molar-refractivity contribution is 5.86. The van der Waals surface area contributed by atoms with Gasteiger partial charge in [0.25, 0.3) is 0 Å². The van der Waals surface area contributed by atoms with Crippen LogP contribution in [0.3, 0.4) is 0 Å². The van der Waals surface area contributed by atoms with Gasteiger partial charge in [-0.3, -0.25) is 0 Å². The van der Waals surface area contributed by atoms with E-state index in [1.54, 1.807) is 12.4 Å². The molecule has 0 radical (unpaired) electrons. The van der Waals surface area contributed by atoms with Gasteiger partial charge in [-0.2, -0.15) is 0 Å². The molecular weight excluding hydrogens is 192 g/mol. The summed E-state index contributed by atoms with van der Waals surface area (Å²) in [6, 6.07) is 5.64. The van der Waals surface area contributed by atoms with Gasteiger partial charge in [0.15, 0.2) is 0 Å². The van der Waals surface area contributed by atoms with Crippen LogP contribution in [0.15, 0.2) is 30.6 Å². The molecule has 0 atom stereocenters. The first-order chi connectivity index (χ1) is 7.16. The summed E-state index contributed by atoms with van der Waals surface area (Å²) in [4.78, 5) is 14.5. The fourth-order valence-corrected chi connectivity index (χ4v) is 1.42. The van der Waals surface area contributed by atoms with Gasteiger partial charge in [-0.15, -0.1) is 0 Å². The van der Waals surface area contributed by atoms with E-state index in [9.17, 15) is 4.79 Å². The first-order valence-corrected chi connectivity index (χ1v) is 4.49. The maximum absolute atomic E-state index is 10.3. The van der Waals surface area contributed by atoms with Crippen molar-refractivity contribution in [2.24, 2.45) is 7.05 Å². The summed E-state index contributed by atoms with van der Waals surface area (Å²) in [5, 5.41) is 8.49. The van der Waals surface area contributed by atoms with Crippen LogP contribution in [0.2, 0.25) is 0 Å². The number of carbonyl (C=O) groups is 1. The summed E-state index contributed by atoms with van der Waals surface area (Å²) in [5.74, 6) is -0.948. The van der Waals surface area contributed by atoms with Crippen LogP contribution >= 0.6 is 0 Å². The van der Waals surface area contributed by atoms with Gasteiger partial charge in [0.1, 0.15) is 0 Å². The molecule has 0 aliphatic carbocycles. The van der Waals surface area contributed by atoms with Crippen LogP contribution in [0.4, 0.5) is 0 Å². The van der Waals surface area contributed by atoms with Crippen LogP contribution in [-0.2, 0) is 11.8 Å². The van der Waals surface area contributed by atoms with Crippen molar-refractivity contribution in [1.29, 1.82) is 0 Å². The Kier molecular flexibility index (Phi) is 2.25. The molecule has 4 heteroatoms. The maximum Gasteiger partial charge on any atom is 0.328 e. The summed E-state index contributed by atoms with van der Waals surface area (Å²) >= 11 is 0. The minimum absolute atomic E-state index is 0.837. The molecule has 4 nitrogen and oxygen atoms in total. The number of imidazole rings is 1. The fourth-order valence-electron chi connectivity index (χ4n) is 1.42. The number of nitrogens with zero attached hydrogens (tertiary/aromatic N) is 2. The lowest BCUT2D eigenvalue weighted by Gasteiger charge is -1.95. The summed E-state index contributed by atoms with van der Waals surface area (Å²) in [6.45, 7) is 0. The second-order valence-corrected chi connectivity index (χ2v) is 3.28. The lowest BCUT2D eigenvalue weighted by Crippen LogP contribution is -1.86. The molecule has 0 saturated carbocycles. The van der Waals surface area contributed by atoms with Crippen LogP contribution in [0.1, 0.15) is 5.56 Å². The van der Waals surface area contributed by atoms with Crippen molar-refractivity contribution in [2.45, 2.75) is 0 Å². The third-order valence-electron chi connectivity index (χ3n) is 2.17. The SMILES string of the molecule is Cn1cnc2cc(/C=C/C(=O)O)ccc21. The van der Waals surface area contributed by atoms with Crippen molar-refractivity contribution in [1.82, 2.24) is 9.55 Å². The zero-order chi connectivity index (χ0) is 10.8. The van der Waals surface area contributed by atoms with E-state index < -0.39 is 5.97 Å². The normalized spacial score (nSPS) is 11.3. The Morgan fingerprint density at radius 2 is 2.33 bits per heavy atom. The molecule has 76 valence electrons. The third kappa shape index (κ3) is 1.88. The molecule has 0 saturated heterocycles. The molecule has 0 aliphatic rings. The average molecular weight is 202 g/mol. The van der Waals surface area contributed by atoms with Gasteiger partial charge in [-0.25, -0.2) is 9.78 Å². The molecule has 15 heavy (non-hydrogen) atoms. The van der Waals surface area contributed by atoms with Crippen LogP contribution in [0, 0.1) is 0 Å². The standard InChI is InChI=1S/C11H10N2O2/c1-13-7-12-9-6-8(2-4-10(9)13)3-5-11(14)15/h2-7H,1H3,(H,14,15)/b5-3+. The lowest BCUT2D eigenvalue weighted by molar-refractivity contribution is -0.131. The number of fused-ring (bicyclic) bond motifs is 1. The van der Waals surface area contributed by atoms with Gasteiger partial charge in [0, 0.05) is 13.1 Å². The summed E-state index contributed by atoms with van der Waals surface area (Å²) in [7, 11) is 1.92. The zero-order valence-corrected chi connectivity index (χ0v) is 8.21. The first-order valence-electron chi connectivity index (χ1n) is 4.49. The van der Waals surface area contributed by atoms with Crippen molar-refractivity contribution in [3.63, 3.8) is 0 Å². The number of aliphatic carboxylic acids is 1. The number of rotatable bonds is 2. The topological polar surface area (TPSA) is 55.1 Å². The molecule has 0 spiro atoms. The van der Waals surface area contributed by atoms with E-state index in [0.717, 1.165) is 22.7 Å². The van der Waals surface area contributed by atoms with Crippen molar-refractivity contribution >= 4 is 23.1 Å². The molecule has 1 aromatic carbocycles. The van der Waals surface area contributed by atoms with E-state index in [4.69, 9.17) is 5.11 Å². The van der Waals surface area contributed by atoms with E-state index in [1.165, 1.54) is 0 Å². The van der Waals surface area contributed by atoms with Crippen molar-refractivity contribution < 1.29 is 9.90 Å². The Morgan fingerprint density at radius 1 is 1.53 bits per heavy atom. The number of carboxylic acids is 1.